The van der Waals surface area contributed by atoms with E-state index in [9.17, 15) is 8.42 Å². The van der Waals surface area contributed by atoms with Crippen molar-refractivity contribution < 1.29 is 8.42 Å². The number of hydrogen-bond donors (Lipinski definition) is 2. The summed E-state index contributed by atoms with van der Waals surface area (Å²) >= 11 is 5.85. The third-order valence-corrected chi connectivity index (χ3v) is 4.13. The van der Waals surface area contributed by atoms with Gasteiger partial charge in [-0.3, -0.25) is 5.10 Å². The Bertz CT molecular complexity index is 721. The van der Waals surface area contributed by atoms with Crippen LogP contribution in [0.2, 0.25) is 5.02 Å². The largest absolute Gasteiger partial charge is 0.262 e. The summed E-state index contributed by atoms with van der Waals surface area (Å²) in [5.41, 5.74) is 0.291. The molecule has 19 heavy (non-hydrogen) atoms. The maximum Gasteiger partial charge on any atom is 0.242 e. The molecule has 0 saturated carbocycles. The second-order valence-corrected chi connectivity index (χ2v) is 5.66. The summed E-state index contributed by atoms with van der Waals surface area (Å²) in [6, 6.07) is 5.84. The fraction of sp³-hybridized carbons (Fsp3) is 0.100. The number of nitrogens with zero attached hydrogens (tertiary/aromatic N) is 3. The van der Waals surface area contributed by atoms with Crippen molar-refractivity contribution in [3.05, 3.63) is 40.9 Å². The Morgan fingerprint density at radius 1 is 1.47 bits per heavy atom. The number of benzene rings is 1. The van der Waals surface area contributed by atoms with Crippen LogP contribution in [0, 0.1) is 11.3 Å². The number of sulfonamides is 1. The highest BCUT2D eigenvalue weighted by Crippen LogP contribution is 2.22. The molecule has 1 aromatic carbocycles. The van der Waals surface area contributed by atoms with Gasteiger partial charge in [-0.25, -0.2) is 18.1 Å². The van der Waals surface area contributed by atoms with Gasteiger partial charge < -0.3 is 0 Å². The Morgan fingerprint density at radius 3 is 2.84 bits per heavy atom. The molecule has 0 radical (unpaired) electrons. The van der Waals surface area contributed by atoms with Gasteiger partial charge in [0.2, 0.25) is 10.0 Å². The van der Waals surface area contributed by atoms with Crippen molar-refractivity contribution in [2.75, 3.05) is 0 Å². The summed E-state index contributed by atoms with van der Waals surface area (Å²) < 4.78 is 26.3. The lowest BCUT2D eigenvalue weighted by molar-refractivity contribution is 0.579. The second-order valence-electron chi connectivity index (χ2n) is 3.51. The second kappa shape index (κ2) is 5.36. The number of H-pyrrole nitrogens is 1. The van der Waals surface area contributed by atoms with E-state index < -0.39 is 10.0 Å². The molecular formula is C10H8ClN5O2S. The van der Waals surface area contributed by atoms with Crippen molar-refractivity contribution in [2.45, 2.75) is 11.4 Å². The zero-order valence-corrected chi connectivity index (χ0v) is 11.0. The molecule has 1 aromatic heterocycles. The third-order valence-electron chi connectivity index (χ3n) is 2.25. The van der Waals surface area contributed by atoms with Gasteiger partial charge in [0.15, 0.2) is 0 Å². The topological polar surface area (TPSA) is 112 Å². The fourth-order valence-corrected chi connectivity index (χ4v) is 2.88. The highest BCUT2D eigenvalue weighted by atomic mass is 35.5. The van der Waals surface area contributed by atoms with E-state index in [1.165, 1.54) is 24.5 Å². The summed E-state index contributed by atoms with van der Waals surface area (Å²) in [5, 5.41) is 14.8. The molecule has 0 saturated heterocycles. The first-order valence-corrected chi connectivity index (χ1v) is 6.92. The molecule has 98 valence electrons. The number of nitriles is 1. The Hall–Kier alpha value is -1.95. The third kappa shape index (κ3) is 3.08. The van der Waals surface area contributed by atoms with Crippen molar-refractivity contribution in [3.63, 3.8) is 0 Å². The minimum absolute atomic E-state index is 0.0101. The summed E-state index contributed by atoms with van der Waals surface area (Å²) in [7, 11) is -3.77. The first-order valence-electron chi connectivity index (χ1n) is 5.06. The predicted octanol–water partition coefficient (Wildman–Crippen LogP) is 0.808. The first kappa shape index (κ1) is 13.5. The lowest BCUT2D eigenvalue weighted by Crippen LogP contribution is -2.24. The van der Waals surface area contributed by atoms with E-state index in [2.05, 4.69) is 19.9 Å². The van der Waals surface area contributed by atoms with E-state index in [1.54, 1.807) is 0 Å². The molecule has 2 rings (SSSR count). The molecule has 0 aliphatic heterocycles. The van der Waals surface area contributed by atoms with E-state index in [0.29, 0.717) is 11.4 Å². The summed E-state index contributed by atoms with van der Waals surface area (Å²) in [6.45, 7) is -0.0291. The van der Waals surface area contributed by atoms with Gasteiger partial charge in [0, 0.05) is 0 Å². The molecule has 0 aliphatic rings. The van der Waals surface area contributed by atoms with Crippen molar-refractivity contribution in [3.8, 4) is 6.07 Å². The highest BCUT2D eigenvalue weighted by molar-refractivity contribution is 7.89. The van der Waals surface area contributed by atoms with Gasteiger partial charge in [0.05, 0.1) is 23.2 Å². The van der Waals surface area contributed by atoms with Crippen LogP contribution in [0.25, 0.3) is 0 Å². The van der Waals surface area contributed by atoms with Crippen molar-refractivity contribution in [1.82, 2.24) is 19.9 Å². The summed E-state index contributed by atoms with van der Waals surface area (Å²) in [5.74, 6) is 0.383. The lowest BCUT2D eigenvalue weighted by atomic mass is 10.2. The molecule has 0 atom stereocenters. The Morgan fingerprint density at radius 2 is 2.26 bits per heavy atom. The number of nitrogens with one attached hydrogen (secondary N) is 2. The Kier molecular flexibility index (Phi) is 3.80. The zero-order valence-electron chi connectivity index (χ0n) is 9.46. The Balaban J connectivity index is 2.22. The van der Waals surface area contributed by atoms with Crippen LogP contribution >= 0.6 is 11.6 Å². The maximum absolute atomic E-state index is 12.0. The van der Waals surface area contributed by atoms with Gasteiger partial charge in [-0.2, -0.15) is 10.4 Å². The van der Waals surface area contributed by atoms with E-state index in [0.717, 1.165) is 0 Å². The SMILES string of the molecule is N#Cc1ccc(S(=O)(=O)NCc2ncn[nH]2)c(Cl)c1. The summed E-state index contributed by atoms with van der Waals surface area (Å²) in [6.07, 6.45) is 1.28. The van der Waals surface area contributed by atoms with Crippen LogP contribution in [-0.4, -0.2) is 23.6 Å². The number of halogens is 1. The van der Waals surface area contributed by atoms with E-state index in [-0.39, 0.29) is 16.5 Å². The smallest absolute Gasteiger partial charge is 0.242 e. The number of aromatic nitrogens is 3. The summed E-state index contributed by atoms with van der Waals surface area (Å²) in [4.78, 5) is 3.70. The van der Waals surface area contributed by atoms with Gasteiger partial charge in [-0.15, -0.1) is 0 Å². The van der Waals surface area contributed by atoms with E-state index in [4.69, 9.17) is 16.9 Å². The highest BCUT2D eigenvalue weighted by Gasteiger charge is 2.18. The molecule has 2 aromatic rings. The zero-order chi connectivity index (χ0) is 13.9. The minimum Gasteiger partial charge on any atom is -0.262 e. The molecule has 0 unspecified atom stereocenters. The predicted molar refractivity (Wildman–Crippen MR) is 66.6 cm³/mol. The van der Waals surface area contributed by atoms with Gasteiger partial charge in [0.1, 0.15) is 17.0 Å². The minimum atomic E-state index is -3.77. The number of hydrogen-bond acceptors (Lipinski definition) is 5. The first-order chi connectivity index (χ1) is 9.03. The molecular weight excluding hydrogens is 290 g/mol. The molecule has 0 amide bonds. The fourth-order valence-electron chi connectivity index (χ4n) is 1.35. The number of aromatic amines is 1. The van der Waals surface area contributed by atoms with Crippen LogP contribution in [0.4, 0.5) is 0 Å². The standard InChI is InChI=1S/C10H8ClN5O2S/c11-8-3-7(4-12)1-2-9(8)19(17,18)15-5-10-13-6-14-16-10/h1-3,6,15H,5H2,(H,13,14,16). The van der Waals surface area contributed by atoms with Crippen LogP contribution < -0.4 is 4.72 Å². The van der Waals surface area contributed by atoms with Gasteiger partial charge in [-0.05, 0) is 18.2 Å². The van der Waals surface area contributed by atoms with E-state index in [1.807, 2.05) is 6.07 Å². The average molecular weight is 298 g/mol. The van der Waals surface area contributed by atoms with Crippen LogP contribution in [0.1, 0.15) is 11.4 Å². The molecule has 0 fully saturated rings. The maximum atomic E-state index is 12.0. The molecule has 2 N–H and O–H groups in total. The molecule has 7 nitrogen and oxygen atoms in total. The van der Waals surface area contributed by atoms with Crippen LogP contribution in [0.15, 0.2) is 29.4 Å². The van der Waals surface area contributed by atoms with Gasteiger partial charge in [0.25, 0.3) is 0 Å². The molecule has 1 heterocycles. The number of rotatable bonds is 4. The Labute approximate surface area is 114 Å². The monoisotopic (exact) mass is 297 g/mol. The quantitative estimate of drug-likeness (QED) is 0.867. The molecule has 0 aliphatic carbocycles. The molecule has 9 heteroatoms. The van der Waals surface area contributed by atoms with Gasteiger partial charge >= 0.3 is 0 Å². The van der Waals surface area contributed by atoms with E-state index >= 15 is 0 Å². The van der Waals surface area contributed by atoms with Crippen LogP contribution in [-0.2, 0) is 16.6 Å². The average Bonchev–Trinajstić information content (AvgIpc) is 2.89. The van der Waals surface area contributed by atoms with Crippen molar-refractivity contribution >= 4 is 21.6 Å². The molecule has 0 spiro atoms. The lowest BCUT2D eigenvalue weighted by Gasteiger charge is -2.07. The van der Waals surface area contributed by atoms with Crippen molar-refractivity contribution in [1.29, 1.82) is 5.26 Å². The van der Waals surface area contributed by atoms with Crippen molar-refractivity contribution in [2.24, 2.45) is 0 Å². The molecule has 0 bridgehead atoms. The normalized spacial score (nSPS) is 11.2. The van der Waals surface area contributed by atoms with Crippen LogP contribution in [0.3, 0.4) is 0 Å². The van der Waals surface area contributed by atoms with Crippen LogP contribution in [0.5, 0.6) is 0 Å². The van der Waals surface area contributed by atoms with Gasteiger partial charge in [-0.1, -0.05) is 11.6 Å².